The van der Waals surface area contributed by atoms with E-state index in [4.69, 9.17) is 21.1 Å². The van der Waals surface area contributed by atoms with Crippen LogP contribution in [0.5, 0.6) is 23.0 Å². The van der Waals surface area contributed by atoms with E-state index in [0.717, 1.165) is 97.6 Å². The van der Waals surface area contributed by atoms with E-state index in [1.165, 1.54) is 23.6 Å². The van der Waals surface area contributed by atoms with Crippen LogP contribution < -0.4 is 9.80 Å². The first kappa shape index (κ1) is 61.8. The standard InChI is InChI=1S/C67H79ClF2N2O4.2CH3.Hf/c1-64(2,3)39-66(7,8)41-32-50(61(73)58(34-41)71-54-24-15-11-20-45(54)46-21-12-16-25-55(46)71)49-36-43(68)28-29-60(49)75-30-19-31-76-63-52(37-44(69)38-53(63)70)51-33-42(67(9,10)40-65(4,5)6)35-59(62(51)74)72-56-26-17-13-22-47(56)48-23-14-18-27-57(48)72;;;/h11,13,15,17,20,22,24,26,28-29,32-38,46,48,55,57,73-74H,12,14,16,18-19,21,23,25,27,30-31,39-40H2,1-10H3;2*1H3;/q;2*-1;/p+2. The predicted octanol–water partition coefficient (Wildman–Crippen LogP) is 19.6. The molecule has 0 bridgehead atoms. The number of para-hydroxylation sites is 2. The van der Waals surface area contributed by atoms with Gasteiger partial charge in [0.25, 0.3) is 11.5 Å². The smallest absolute Gasteiger partial charge is 0.299 e. The fourth-order valence-corrected chi connectivity index (χ4v) is 14.7. The fraction of sp³-hybridized carbons (Fsp3) is 0.449. The van der Waals surface area contributed by atoms with Gasteiger partial charge in [0.1, 0.15) is 23.7 Å². The molecule has 2 fully saturated rings. The van der Waals surface area contributed by atoms with Crippen LogP contribution in [0, 0.1) is 37.3 Å². The van der Waals surface area contributed by atoms with Crippen molar-refractivity contribution in [1.82, 2.24) is 0 Å². The number of benzene rings is 6. The first-order valence-electron chi connectivity index (χ1n) is 28.2. The van der Waals surface area contributed by atoms with Crippen LogP contribution in [0.1, 0.15) is 174 Å². The number of nitrogens with zero attached hydrogens (tertiary/aromatic N) is 2. The van der Waals surface area contributed by atoms with E-state index in [9.17, 15) is 10.2 Å². The molecule has 79 heavy (non-hydrogen) atoms. The van der Waals surface area contributed by atoms with Crippen LogP contribution >= 0.6 is 11.6 Å². The summed E-state index contributed by atoms with van der Waals surface area (Å²) in [7, 11) is 0. The maximum Gasteiger partial charge on any atom is 0.299 e. The zero-order chi connectivity index (χ0) is 54.1. The number of phenolic OH excluding ortho intramolecular Hbond substituents is 2. The van der Waals surface area contributed by atoms with Gasteiger partial charge in [0.05, 0.1) is 22.5 Å². The second kappa shape index (κ2) is 23.9. The van der Waals surface area contributed by atoms with Crippen molar-refractivity contribution in [2.24, 2.45) is 10.8 Å². The molecular formula is C69H87ClF2HfN2O4. The van der Waals surface area contributed by atoms with Gasteiger partial charge in [-0.25, -0.2) is 4.39 Å². The van der Waals surface area contributed by atoms with E-state index in [1.807, 2.05) is 24.3 Å². The summed E-state index contributed by atoms with van der Waals surface area (Å²) in [5, 5.41) is 25.9. The Morgan fingerprint density at radius 2 is 0.987 bits per heavy atom. The average molecular weight is 1260 g/mol. The third kappa shape index (κ3) is 12.5. The molecule has 0 amide bonds. The Bertz CT molecular complexity index is 3140. The summed E-state index contributed by atoms with van der Waals surface area (Å²) in [5.41, 5.74) is 9.90. The molecule has 0 aromatic heterocycles. The molecule has 10 heteroatoms. The van der Waals surface area contributed by atoms with Gasteiger partial charge < -0.3 is 44.3 Å². The van der Waals surface area contributed by atoms with Crippen LogP contribution in [0.15, 0.2) is 103 Å². The number of anilines is 4. The average Bonchev–Trinajstić information content (AvgIpc) is 3.86. The van der Waals surface area contributed by atoms with Crippen LogP contribution in [0.3, 0.4) is 0 Å². The van der Waals surface area contributed by atoms with Gasteiger partial charge >= 0.3 is 0 Å². The minimum absolute atomic E-state index is 0. The first-order valence-corrected chi connectivity index (χ1v) is 28.5. The molecule has 0 spiro atoms. The number of aliphatic hydroxyl groups is 2. The molecule has 10 rings (SSSR count). The zero-order valence-corrected chi connectivity index (χ0v) is 53.5. The molecule has 4 N–H and O–H groups in total. The zero-order valence-electron chi connectivity index (χ0n) is 49.1. The molecule has 422 valence electrons. The Labute approximate surface area is 496 Å². The van der Waals surface area contributed by atoms with Crippen LogP contribution in [-0.4, -0.2) is 45.0 Å². The normalized spacial score (nSPS) is 18.8. The van der Waals surface area contributed by atoms with Gasteiger partial charge in [-0.1, -0.05) is 143 Å². The van der Waals surface area contributed by atoms with Crippen molar-refractivity contribution in [3.8, 4) is 45.3 Å². The number of hydrogen-bond donors (Lipinski definition) is 2. The van der Waals surface area contributed by atoms with Crippen molar-refractivity contribution in [3.63, 3.8) is 0 Å². The Balaban J connectivity index is 0.00000301. The molecule has 2 aliphatic heterocycles. The third-order valence-electron chi connectivity index (χ3n) is 17.0. The van der Waals surface area contributed by atoms with Crippen molar-refractivity contribution < 1.29 is 54.3 Å². The molecule has 0 saturated heterocycles. The van der Waals surface area contributed by atoms with E-state index in [0.29, 0.717) is 52.4 Å². The van der Waals surface area contributed by atoms with E-state index in [1.54, 1.807) is 0 Å². The van der Waals surface area contributed by atoms with Crippen molar-refractivity contribution >= 4 is 34.4 Å². The molecular weight excluding hydrogens is 1170 g/mol. The number of hydrogen-bond acceptors (Lipinski definition) is 4. The van der Waals surface area contributed by atoms with E-state index in [2.05, 4.69) is 146 Å². The predicted molar refractivity (Wildman–Crippen MR) is 324 cm³/mol. The Morgan fingerprint density at radius 1 is 0.532 bits per heavy atom. The number of phenols is 2. The van der Waals surface area contributed by atoms with Crippen molar-refractivity contribution in [3.05, 3.63) is 157 Å². The maximum atomic E-state index is 16.4. The summed E-state index contributed by atoms with van der Waals surface area (Å²) in [5.74, 6) is 0.0977. The molecule has 4 atom stereocenters. The minimum Gasteiger partial charge on any atom is -0.582 e. The second-order valence-electron chi connectivity index (χ2n) is 26.4. The Kier molecular flexibility index (Phi) is 18.7. The van der Waals surface area contributed by atoms with Crippen LogP contribution in [0.4, 0.5) is 31.5 Å². The summed E-state index contributed by atoms with van der Waals surface area (Å²) in [6, 6.07) is 33.9. The van der Waals surface area contributed by atoms with E-state index >= 15 is 8.78 Å². The van der Waals surface area contributed by atoms with Crippen molar-refractivity contribution in [2.45, 2.75) is 175 Å². The largest absolute Gasteiger partial charge is 0.582 e. The molecule has 0 radical (unpaired) electrons. The minimum atomic E-state index is -0.785. The van der Waals surface area contributed by atoms with Crippen molar-refractivity contribution in [2.75, 3.05) is 23.0 Å². The van der Waals surface area contributed by atoms with Crippen LogP contribution in [0.2, 0.25) is 5.02 Å². The molecule has 2 saturated carbocycles. The first-order chi connectivity index (χ1) is 36.0. The summed E-state index contributed by atoms with van der Waals surface area (Å²) < 4.78 is 42.1. The molecule has 4 aliphatic rings. The van der Waals surface area contributed by atoms with Gasteiger partial charge in [-0.15, -0.1) is 0 Å². The van der Waals surface area contributed by atoms with Crippen LogP contribution in [-0.2, 0) is 36.7 Å². The number of halogens is 3. The molecule has 6 aromatic rings. The Hall–Kier alpha value is -4.86. The van der Waals surface area contributed by atoms with Crippen LogP contribution in [0.25, 0.3) is 22.3 Å². The summed E-state index contributed by atoms with van der Waals surface area (Å²) in [4.78, 5) is 4.73. The van der Waals surface area contributed by atoms with Gasteiger partial charge in [0, 0.05) is 89.4 Å². The van der Waals surface area contributed by atoms with E-state index < -0.39 is 11.6 Å². The summed E-state index contributed by atoms with van der Waals surface area (Å²) in [6.45, 7) is 23.1. The quantitative estimate of drug-likeness (QED) is 0.0493. The number of rotatable bonds is 14. The number of ether oxygens (including phenoxy) is 2. The third-order valence-corrected chi connectivity index (χ3v) is 17.2. The molecule has 2 heterocycles. The summed E-state index contributed by atoms with van der Waals surface area (Å²) >= 11 is 6.85. The van der Waals surface area contributed by atoms with Gasteiger partial charge in [-0.3, -0.25) is 0 Å². The topological polar surface area (TPSA) is 72.5 Å². The van der Waals surface area contributed by atoms with Gasteiger partial charge in [0.15, 0.2) is 13.2 Å². The number of fused-ring (bicyclic) bond motifs is 6. The summed E-state index contributed by atoms with van der Waals surface area (Å²) in [6.07, 6.45) is 11.1. The molecule has 6 aromatic carbocycles. The van der Waals surface area contributed by atoms with Gasteiger partial charge in [-0.05, 0) is 137 Å². The maximum absolute atomic E-state index is 16.4. The number of aromatic hydroxyl groups is 4. The van der Waals surface area contributed by atoms with Gasteiger partial charge in [0.2, 0.25) is 5.82 Å². The fourth-order valence-electron chi connectivity index (χ4n) is 14.5. The SMILES string of the molecule is CC(C)(C)CC(C)(C)c1cc(-c2cc(Cl)ccc2[OH+]CCC[OH+]c2c(F)cc(F)cc2-c2cc(C(C)(C)CC(C)(C)C)cc(N3c4ccccc4C4CCCCC43)c2O)c(O)c(N2c3ccccc3C3CCCCC32)c1.[CH3-].[CH3-].[Hf]. The second-order valence-corrected chi connectivity index (χ2v) is 26.8. The van der Waals surface area contributed by atoms with Gasteiger partial charge in [-0.2, -0.15) is 4.39 Å². The monoisotopic (exact) mass is 1260 g/mol. The van der Waals surface area contributed by atoms with E-state index in [-0.39, 0.29) is 104 Å². The molecule has 6 nitrogen and oxygen atoms in total. The molecule has 4 unspecified atom stereocenters. The van der Waals surface area contributed by atoms with Crippen molar-refractivity contribution in [1.29, 1.82) is 0 Å². The Morgan fingerprint density at radius 3 is 1.48 bits per heavy atom. The molecule has 2 aliphatic carbocycles.